The first-order valence-electron chi connectivity index (χ1n) is 7.19. The Labute approximate surface area is 125 Å². The highest BCUT2D eigenvalue weighted by molar-refractivity contribution is 6.30. The number of rotatable bonds is 8. The number of hydrogen-bond acceptors (Lipinski definition) is 2. The summed E-state index contributed by atoms with van der Waals surface area (Å²) in [5.74, 6) is 0.411. The van der Waals surface area contributed by atoms with E-state index in [0.717, 1.165) is 25.1 Å². The summed E-state index contributed by atoms with van der Waals surface area (Å²) in [4.78, 5) is 0. The average molecular weight is 300 g/mol. The Kier molecular flexibility index (Phi) is 5.42. The van der Waals surface area contributed by atoms with Gasteiger partial charge in [0.05, 0.1) is 11.6 Å². The Morgan fingerprint density at radius 2 is 2.20 bits per heavy atom. The van der Waals surface area contributed by atoms with Crippen LogP contribution in [-0.4, -0.2) is 26.8 Å². The fraction of sp³-hybridized carbons (Fsp3) is 0.625. The Balaban J connectivity index is 2.03. The van der Waals surface area contributed by atoms with E-state index in [1.54, 1.807) is 13.2 Å². The van der Waals surface area contributed by atoms with Crippen LogP contribution in [0.3, 0.4) is 0 Å². The van der Waals surface area contributed by atoms with E-state index in [9.17, 15) is 4.39 Å². The molecule has 0 bridgehead atoms. The van der Waals surface area contributed by atoms with Crippen molar-refractivity contribution in [1.82, 2.24) is 5.32 Å². The Morgan fingerprint density at radius 3 is 2.85 bits per heavy atom. The van der Waals surface area contributed by atoms with Gasteiger partial charge in [-0.15, -0.1) is 0 Å². The molecule has 0 amide bonds. The molecule has 0 heterocycles. The van der Waals surface area contributed by atoms with Gasteiger partial charge in [-0.3, -0.25) is 0 Å². The van der Waals surface area contributed by atoms with Crippen LogP contribution in [0.1, 0.15) is 25.3 Å². The molecule has 4 heteroatoms. The van der Waals surface area contributed by atoms with Crippen molar-refractivity contribution in [3.63, 3.8) is 0 Å². The number of hydrogen-bond donors (Lipinski definition) is 1. The molecule has 1 aromatic rings. The van der Waals surface area contributed by atoms with E-state index in [-0.39, 0.29) is 16.3 Å². The Hall–Kier alpha value is -0.640. The molecule has 0 saturated heterocycles. The van der Waals surface area contributed by atoms with Crippen molar-refractivity contribution in [2.75, 3.05) is 26.8 Å². The number of nitrogens with one attached hydrogen (secondary N) is 1. The summed E-state index contributed by atoms with van der Waals surface area (Å²) in [6, 6.07) is 5.27. The van der Waals surface area contributed by atoms with Crippen LogP contribution < -0.4 is 5.32 Å². The highest BCUT2D eigenvalue weighted by Crippen LogP contribution is 2.47. The van der Waals surface area contributed by atoms with Crippen LogP contribution in [0.5, 0.6) is 0 Å². The van der Waals surface area contributed by atoms with Crippen LogP contribution in [-0.2, 0) is 11.2 Å². The lowest BCUT2D eigenvalue weighted by atomic mass is 9.78. The lowest BCUT2D eigenvalue weighted by Crippen LogP contribution is -2.37. The summed E-state index contributed by atoms with van der Waals surface area (Å²) in [5.41, 5.74) is 0.805. The smallest absolute Gasteiger partial charge is 0.144 e. The van der Waals surface area contributed by atoms with Gasteiger partial charge in [-0.05, 0) is 42.2 Å². The summed E-state index contributed by atoms with van der Waals surface area (Å²) >= 11 is 5.88. The first-order valence-corrected chi connectivity index (χ1v) is 7.57. The summed E-state index contributed by atoms with van der Waals surface area (Å²) in [6.45, 7) is 4.65. The Morgan fingerprint density at radius 1 is 1.45 bits per heavy atom. The van der Waals surface area contributed by atoms with Crippen molar-refractivity contribution in [2.24, 2.45) is 11.3 Å². The third kappa shape index (κ3) is 3.94. The van der Waals surface area contributed by atoms with Gasteiger partial charge in [0, 0.05) is 20.2 Å². The highest BCUT2D eigenvalue weighted by Gasteiger charge is 2.41. The van der Waals surface area contributed by atoms with Gasteiger partial charge < -0.3 is 10.1 Å². The minimum absolute atomic E-state index is 0.0826. The van der Waals surface area contributed by atoms with Crippen molar-refractivity contribution < 1.29 is 9.13 Å². The molecule has 0 aliphatic heterocycles. The molecule has 1 atom stereocenters. The van der Waals surface area contributed by atoms with Gasteiger partial charge in [0.2, 0.25) is 0 Å². The predicted molar refractivity (Wildman–Crippen MR) is 80.7 cm³/mol. The van der Waals surface area contributed by atoms with E-state index >= 15 is 0 Å². The maximum absolute atomic E-state index is 14.1. The minimum Gasteiger partial charge on any atom is -0.383 e. The van der Waals surface area contributed by atoms with Gasteiger partial charge in [0.15, 0.2) is 0 Å². The molecule has 1 saturated carbocycles. The summed E-state index contributed by atoms with van der Waals surface area (Å²) < 4.78 is 19.1. The number of methoxy groups -OCH3 is 1. The van der Waals surface area contributed by atoms with E-state index in [1.807, 2.05) is 12.1 Å². The molecule has 1 unspecified atom stereocenters. The molecule has 0 radical (unpaired) electrons. The second-order valence-electron chi connectivity index (χ2n) is 5.99. The third-order valence-corrected chi connectivity index (χ3v) is 4.49. The second kappa shape index (κ2) is 6.88. The first kappa shape index (κ1) is 15.7. The third-order valence-electron chi connectivity index (χ3n) is 4.20. The van der Waals surface area contributed by atoms with E-state index in [4.69, 9.17) is 16.3 Å². The summed E-state index contributed by atoms with van der Waals surface area (Å²) in [5, 5.41) is 3.64. The zero-order valence-electron chi connectivity index (χ0n) is 12.2. The normalized spacial score (nSPS) is 18.0. The summed E-state index contributed by atoms with van der Waals surface area (Å²) in [6.07, 6.45) is 3.21. The first-order chi connectivity index (χ1) is 9.57. The average Bonchev–Trinajstić information content (AvgIpc) is 3.25. The number of halogens is 2. The SMILES string of the molecule is COCCNCC(C)(Cc1cccc(Cl)c1F)C1CC1. The van der Waals surface area contributed by atoms with Crippen molar-refractivity contribution in [3.05, 3.63) is 34.6 Å². The molecular weight excluding hydrogens is 277 g/mol. The molecule has 1 N–H and O–H groups in total. The topological polar surface area (TPSA) is 21.3 Å². The van der Waals surface area contributed by atoms with Crippen molar-refractivity contribution in [2.45, 2.75) is 26.2 Å². The van der Waals surface area contributed by atoms with Crippen LogP contribution in [0.15, 0.2) is 18.2 Å². The van der Waals surface area contributed by atoms with Crippen LogP contribution in [0.2, 0.25) is 5.02 Å². The maximum atomic E-state index is 14.1. The fourth-order valence-corrected chi connectivity index (χ4v) is 2.99. The standard InChI is InChI=1S/C16H23ClFNO/c1-16(13-6-7-13,11-19-8-9-20-2)10-12-4-3-5-14(17)15(12)18/h3-5,13,19H,6-11H2,1-2H3. The van der Waals surface area contributed by atoms with Gasteiger partial charge in [0.25, 0.3) is 0 Å². The lowest BCUT2D eigenvalue weighted by Gasteiger charge is -2.30. The molecule has 2 nitrogen and oxygen atoms in total. The second-order valence-corrected chi connectivity index (χ2v) is 6.39. The molecule has 20 heavy (non-hydrogen) atoms. The molecule has 112 valence electrons. The highest BCUT2D eigenvalue weighted by atomic mass is 35.5. The quantitative estimate of drug-likeness (QED) is 0.740. The zero-order chi connectivity index (χ0) is 14.6. The number of benzene rings is 1. The molecule has 0 spiro atoms. The fourth-order valence-electron chi connectivity index (χ4n) is 2.80. The summed E-state index contributed by atoms with van der Waals surface area (Å²) in [7, 11) is 1.70. The van der Waals surface area contributed by atoms with Gasteiger partial charge in [-0.2, -0.15) is 0 Å². The van der Waals surface area contributed by atoms with Gasteiger partial charge in [0.1, 0.15) is 5.82 Å². The van der Waals surface area contributed by atoms with E-state index in [2.05, 4.69) is 12.2 Å². The number of ether oxygens (including phenoxy) is 1. The predicted octanol–water partition coefficient (Wildman–Crippen LogP) is 3.67. The largest absolute Gasteiger partial charge is 0.383 e. The van der Waals surface area contributed by atoms with Crippen LogP contribution in [0.25, 0.3) is 0 Å². The van der Waals surface area contributed by atoms with E-state index < -0.39 is 0 Å². The lowest BCUT2D eigenvalue weighted by molar-refractivity contribution is 0.187. The van der Waals surface area contributed by atoms with Crippen molar-refractivity contribution in [1.29, 1.82) is 0 Å². The van der Waals surface area contributed by atoms with Gasteiger partial charge >= 0.3 is 0 Å². The molecule has 1 aliphatic rings. The maximum Gasteiger partial charge on any atom is 0.144 e. The monoisotopic (exact) mass is 299 g/mol. The van der Waals surface area contributed by atoms with Gasteiger partial charge in [-0.25, -0.2) is 4.39 Å². The van der Waals surface area contributed by atoms with Crippen LogP contribution >= 0.6 is 11.6 Å². The van der Waals surface area contributed by atoms with Crippen molar-refractivity contribution in [3.8, 4) is 0 Å². The van der Waals surface area contributed by atoms with Gasteiger partial charge in [-0.1, -0.05) is 30.7 Å². The zero-order valence-corrected chi connectivity index (χ0v) is 13.0. The Bertz CT molecular complexity index is 450. The molecule has 1 aromatic carbocycles. The van der Waals surface area contributed by atoms with Crippen LogP contribution in [0.4, 0.5) is 4.39 Å². The van der Waals surface area contributed by atoms with E-state index in [1.165, 1.54) is 12.8 Å². The van der Waals surface area contributed by atoms with E-state index in [0.29, 0.717) is 12.5 Å². The minimum atomic E-state index is -0.266. The van der Waals surface area contributed by atoms with Crippen molar-refractivity contribution >= 4 is 11.6 Å². The molecule has 2 rings (SSSR count). The molecule has 1 fully saturated rings. The molecule has 0 aromatic heterocycles. The van der Waals surface area contributed by atoms with Crippen LogP contribution in [0, 0.1) is 17.2 Å². The molecular formula is C16H23ClFNO. The molecule has 1 aliphatic carbocycles.